The number of aromatic hydroxyl groups is 1. The molecule has 0 amide bonds. The molecule has 5 rings (SSSR count). The Hall–Kier alpha value is -3.18. The lowest BCUT2D eigenvalue weighted by atomic mass is 9.79. The Morgan fingerprint density at radius 2 is 1.59 bits per heavy atom. The number of ether oxygens (including phenoxy) is 2. The maximum absolute atomic E-state index is 9.95. The van der Waals surface area contributed by atoms with E-state index in [0.717, 1.165) is 50.3 Å². The monoisotopic (exact) mass is 528 g/mol. The Bertz CT molecular complexity index is 1230. The summed E-state index contributed by atoms with van der Waals surface area (Å²) in [7, 11) is 3.42. The molecular formula is C34H44N2O3. The van der Waals surface area contributed by atoms with Gasteiger partial charge in [-0.05, 0) is 110 Å². The van der Waals surface area contributed by atoms with Gasteiger partial charge in [-0.2, -0.15) is 0 Å². The van der Waals surface area contributed by atoms with Crippen molar-refractivity contribution in [3.63, 3.8) is 0 Å². The molecule has 0 saturated carbocycles. The van der Waals surface area contributed by atoms with E-state index in [0.29, 0.717) is 11.7 Å². The Morgan fingerprint density at radius 3 is 2.31 bits per heavy atom. The van der Waals surface area contributed by atoms with Crippen LogP contribution in [0.3, 0.4) is 0 Å². The number of phenols is 1. The molecule has 0 bridgehead atoms. The number of likely N-dealkylation sites (tertiary alicyclic amines) is 1. The molecule has 0 spiro atoms. The molecule has 5 nitrogen and oxygen atoms in total. The number of benzene rings is 3. The highest BCUT2D eigenvalue weighted by molar-refractivity contribution is 5.64. The first-order chi connectivity index (χ1) is 19.1. The van der Waals surface area contributed by atoms with Crippen molar-refractivity contribution >= 4 is 5.69 Å². The summed E-state index contributed by atoms with van der Waals surface area (Å²) in [5.74, 6) is 2.28. The standard InChI is InChI=1S/C34H44N2O3/c1-4-36(24-26-10-8-25(9-11-26)16-19-35-17-6-5-7-18-35)32-23-34(39-3)33(38-2)22-31(32)29-13-12-28-21-30(37)15-14-27(28)20-29/h8-11,14-15,21-23,29,37H,4-7,12-13,16-20,24H2,1-3H3/t29-/m1/s1. The summed E-state index contributed by atoms with van der Waals surface area (Å²) in [6, 6.07) is 19.4. The fourth-order valence-corrected chi connectivity index (χ4v) is 6.36. The van der Waals surface area contributed by atoms with Gasteiger partial charge in [-0.25, -0.2) is 0 Å². The maximum Gasteiger partial charge on any atom is 0.162 e. The first kappa shape index (κ1) is 27.4. The van der Waals surface area contributed by atoms with Crippen molar-refractivity contribution in [3.05, 3.63) is 82.4 Å². The molecule has 39 heavy (non-hydrogen) atoms. The van der Waals surface area contributed by atoms with Crippen molar-refractivity contribution in [1.29, 1.82) is 0 Å². The molecule has 1 fully saturated rings. The molecule has 1 saturated heterocycles. The lowest BCUT2D eigenvalue weighted by Crippen LogP contribution is -2.31. The van der Waals surface area contributed by atoms with Crippen LogP contribution in [0.4, 0.5) is 5.69 Å². The van der Waals surface area contributed by atoms with Gasteiger partial charge < -0.3 is 24.4 Å². The molecule has 3 aromatic carbocycles. The lowest BCUT2D eigenvalue weighted by Gasteiger charge is -2.32. The Morgan fingerprint density at radius 1 is 0.872 bits per heavy atom. The number of methoxy groups -OCH3 is 2. The van der Waals surface area contributed by atoms with Crippen LogP contribution in [-0.2, 0) is 25.8 Å². The summed E-state index contributed by atoms with van der Waals surface area (Å²) in [4.78, 5) is 5.08. The number of rotatable bonds is 10. The van der Waals surface area contributed by atoms with Gasteiger partial charge in [0.1, 0.15) is 5.75 Å². The number of phenolic OH excluding ortho intramolecular Hbond substituents is 1. The topological polar surface area (TPSA) is 45.2 Å². The zero-order valence-corrected chi connectivity index (χ0v) is 23.9. The number of nitrogens with zero attached hydrogens (tertiary/aromatic N) is 2. The van der Waals surface area contributed by atoms with Crippen LogP contribution < -0.4 is 14.4 Å². The second kappa shape index (κ2) is 12.8. The summed E-state index contributed by atoms with van der Waals surface area (Å²) >= 11 is 0. The fourth-order valence-electron chi connectivity index (χ4n) is 6.36. The first-order valence-corrected chi connectivity index (χ1v) is 14.7. The summed E-state index contributed by atoms with van der Waals surface area (Å²) in [5, 5.41) is 9.95. The van der Waals surface area contributed by atoms with Crippen molar-refractivity contribution in [1.82, 2.24) is 4.90 Å². The number of aryl methyl sites for hydroxylation is 1. The van der Waals surface area contributed by atoms with Gasteiger partial charge in [0.25, 0.3) is 0 Å². The average molecular weight is 529 g/mol. The predicted molar refractivity (Wildman–Crippen MR) is 160 cm³/mol. The number of hydrogen-bond acceptors (Lipinski definition) is 5. The summed E-state index contributed by atoms with van der Waals surface area (Å²) in [5.41, 5.74) is 7.87. The SMILES string of the molecule is CCN(Cc1ccc(CCN2CCCCC2)cc1)c1cc(OC)c(OC)cc1[C@@H]1CCc2cc(O)ccc2C1. The summed E-state index contributed by atoms with van der Waals surface area (Å²) < 4.78 is 11.5. The minimum absolute atomic E-state index is 0.355. The van der Waals surface area contributed by atoms with Gasteiger partial charge in [0.2, 0.25) is 0 Å². The smallest absolute Gasteiger partial charge is 0.162 e. The zero-order chi connectivity index (χ0) is 27.2. The van der Waals surface area contributed by atoms with Crippen LogP contribution in [0.5, 0.6) is 17.2 Å². The van der Waals surface area contributed by atoms with Crippen LogP contribution >= 0.6 is 0 Å². The van der Waals surface area contributed by atoms with E-state index in [1.165, 1.54) is 72.4 Å². The van der Waals surface area contributed by atoms with Gasteiger partial charge >= 0.3 is 0 Å². The third-order valence-electron chi connectivity index (χ3n) is 8.68. The van der Waals surface area contributed by atoms with Crippen LogP contribution in [0.1, 0.15) is 66.3 Å². The Labute approximate surface area is 234 Å². The Balaban J connectivity index is 1.36. The second-order valence-corrected chi connectivity index (χ2v) is 11.1. The van der Waals surface area contributed by atoms with Gasteiger partial charge in [0, 0.05) is 31.4 Å². The van der Waals surface area contributed by atoms with E-state index in [4.69, 9.17) is 9.47 Å². The van der Waals surface area contributed by atoms with Gasteiger partial charge in [0.15, 0.2) is 11.5 Å². The van der Waals surface area contributed by atoms with Crippen molar-refractivity contribution in [3.8, 4) is 17.2 Å². The highest BCUT2D eigenvalue weighted by Gasteiger charge is 2.26. The van der Waals surface area contributed by atoms with Crippen molar-refractivity contribution in [2.45, 2.75) is 64.3 Å². The first-order valence-electron chi connectivity index (χ1n) is 14.7. The minimum atomic E-state index is 0.355. The number of anilines is 1. The molecule has 0 aromatic heterocycles. The van der Waals surface area contributed by atoms with E-state index < -0.39 is 0 Å². The van der Waals surface area contributed by atoms with Crippen molar-refractivity contribution < 1.29 is 14.6 Å². The molecule has 1 atom stereocenters. The lowest BCUT2D eigenvalue weighted by molar-refractivity contribution is 0.231. The molecule has 1 aliphatic heterocycles. The quantitative estimate of drug-likeness (QED) is 0.316. The summed E-state index contributed by atoms with van der Waals surface area (Å²) in [6.45, 7) is 7.66. The molecule has 0 radical (unpaired) electrons. The maximum atomic E-state index is 9.95. The molecule has 5 heteroatoms. The molecule has 3 aromatic rings. The predicted octanol–water partition coefficient (Wildman–Crippen LogP) is 6.74. The van der Waals surface area contributed by atoms with Gasteiger partial charge in [-0.15, -0.1) is 0 Å². The number of fused-ring (bicyclic) bond motifs is 1. The van der Waals surface area contributed by atoms with Crippen LogP contribution in [0.15, 0.2) is 54.6 Å². The summed E-state index contributed by atoms with van der Waals surface area (Å²) in [6.07, 6.45) is 8.18. The van der Waals surface area contributed by atoms with E-state index >= 15 is 0 Å². The number of piperidine rings is 1. The van der Waals surface area contributed by atoms with Gasteiger partial charge in [-0.3, -0.25) is 0 Å². The fraction of sp³-hybridized carbons (Fsp3) is 0.471. The minimum Gasteiger partial charge on any atom is -0.508 e. The molecule has 2 aliphatic rings. The third kappa shape index (κ3) is 6.52. The molecule has 1 heterocycles. The highest BCUT2D eigenvalue weighted by Crippen LogP contribution is 2.43. The van der Waals surface area contributed by atoms with Crippen molar-refractivity contribution in [2.75, 3.05) is 45.3 Å². The van der Waals surface area contributed by atoms with E-state index in [9.17, 15) is 5.11 Å². The van der Waals surface area contributed by atoms with Crippen LogP contribution in [-0.4, -0.2) is 50.4 Å². The van der Waals surface area contributed by atoms with E-state index in [2.05, 4.69) is 59.2 Å². The van der Waals surface area contributed by atoms with Crippen LogP contribution in [0, 0.1) is 0 Å². The third-order valence-corrected chi connectivity index (χ3v) is 8.68. The van der Waals surface area contributed by atoms with Gasteiger partial charge in [-0.1, -0.05) is 36.8 Å². The van der Waals surface area contributed by atoms with Crippen molar-refractivity contribution in [2.24, 2.45) is 0 Å². The molecular weight excluding hydrogens is 484 g/mol. The van der Waals surface area contributed by atoms with E-state index in [1.807, 2.05) is 12.1 Å². The zero-order valence-electron chi connectivity index (χ0n) is 23.9. The Kier molecular flexibility index (Phi) is 8.98. The van der Waals surface area contributed by atoms with E-state index in [1.54, 1.807) is 14.2 Å². The van der Waals surface area contributed by atoms with E-state index in [-0.39, 0.29) is 0 Å². The van der Waals surface area contributed by atoms with Crippen LogP contribution in [0.25, 0.3) is 0 Å². The molecule has 208 valence electrons. The molecule has 1 aliphatic carbocycles. The van der Waals surface area contributed by atoms with Crippen LogP contribution in [0.2, 0.25) is 0 Å². The highest BCUT2D eigenvalue weighted by atomic mass is 16.5. The molecule has 0 unspecified atom stereocenters. The average Bonchev–Trinajstić information content (AvgIpc) is 2.99. The second-order valence-electron chi connectivity index (χ2n) is 11.1. The normalized spacial score (nSPS) is 17.5. The van der Waals surface area contributed by atoms with Gasteiger partial charge in [0.05, 0.1) is 14.2 Å². The largest absolute Gasteiger partial charge is 0.508 e. The number of hydrogen-bond donors (Lipinski definition) is 1. The molecule has 1 N–H and O–H groups in total.